The minimum atomic E-state index is -0.232. The fourth-order valence-electron chi connectivity index (χ4n) is 5.27. The van der Waals surface area contributed by atoms with Gasteiger partial charge < -0.3 is 9.47 Å². The summed E-state index contributed by atoms with van der Waals surface area (Å²) < 4.78 is 12.0. The first-order valence-electron chi connectivity index (χ1n) is 13.2. The molecule has 0 bridgehead atoms. The van der Waals surface area contributed by atoms with Gasteiger partial charge in [-0.25, -0.2) is 9.97 Å². The number of amides is 2. The summed E-state index contributed by atoms with van der Waals surface area (Å²) in [5, 5.41) is 0.202. The van der Waals surface area contributed by atoms with Crippen LogP contribution in [0.4, 0.5) is 0 Å². The summed E-state index contributed by atoms with van der Waals surface area (Å²) in [6.07, 6.45) is 2.85. The third-order valence-corrected chi connectivity index (χ3v) is 7.97. The molecule has 2 amide bonds. The van der Waals surface area contributed by atoms with Crippen molar-refractivity contribution in [2.24, 2.45) is 0 Å². The first kappa shape index (κ1) is 26.0. The summed E-state index contributed by atoms with van der Waals surface area (Å²) in [5.41, 5.74) is 3.77. The maximum Gasteiger partial charge on any atom is 0.261 e. The van der Waals surface area contributed by atoms with Crippen LogP contribution in [0.1, 0.15) is 64.2 Å². The Hall–Kier alpha value is -4.23. The van der Waals surface area contributed by atoms with E-state index in [-0.39, 0.29) is 34.7 Å². The number of hydrogen-bond donors (Lipinski definition) is 0. The second-order valence-electron chi connectivity index (χ2n) is 10.7. The second kappa shape index (κ2) is 10.4. The third kappa shape index (κ3) is 4.93. The summed E-state index contributed by atoms with van der Waals surface area (Å²) in [5.74, 6) is 1.12. The molecule has 1 aromatic heterocycles. The maximum atomic E-state index is 12.7. The van der Waals surface area contributed by atoms with Crippen molar-refractivity contribution in [3.63, 3.8) is 0 Å². The zero-order valence-corrected chi connectivity index (χ0v) is 23.0. The molecule has 40 heavy (non-hydrogen) atoms. The topological polar surface area (TPSA) is 81.6 Å². The minimum Gasteiger partial charge on any atom is -0.490 e. The van der Waals surface area contributed by atoms with Crippen molar-refractivity contribution < 1.29 is 19.1 Å². The van der Waals surface area contributed by atoms with Gasteiger partial charge in [-0.2, -0.15) is 0 Å². The number of hydrogen-bond acceptors (Lipinski definition) is 6. The number of imide groups is 1. The van der Waals surface area contributed by atoms with Crippen molar-refractivity contribution >= 4 is 23.4 Å². The molecule has 1 aliphatic heterocycles. The SMILES string of the molecule is CC(C)(c1ccc(OCc2ccnc(Cl)n2)cc1)c1ccc(OC2CC(N3C(=O)c4ccccc4C3=O)C2)cc1. The highest BCUT2D eigenvalue weighted by Gasteiger charge is 2.45. The lowest BCUT2D eigenvalue weighted by Crippen LogP contribution is -2.51. The summed E-state index contributed by atoms with van der Waals surface area (Å²) in [7, 11) is 0. The average molecular weight is 554 g/mol. The number of rotatable bonds is 8. The molecule has 1 saturated carbocycles. The van der Waals surface area contributed by atoms with E-state index in [0.717, 1.165) is 22.6 Å². The lowest BCUT2D eigenvalue weighted by atomic mass is 9.78. The molecule has 0 saturated heterocycles. The zero-order valence-electron chi connectivity index (χ0n) is 22.2. The fraction of sp³-hybridized carbons (Fsp3) is 0.250. The van der Waals surface area contributed by atoms with Crippen LogP contribution in [0.5, 0.6) is 11.5 Å². The predicted molar refractivity (Wildman–Crippen MR) is 151 cm³/mol. The van der Waals surface area contributed by atoms with Gasteiger partial charge in [-0.3, -0.25) is 14.5 Å². The van der Waals surface area contributed by atoms with Crippen LogP contribution in [0.25, 0.3) is 0 Å². The van der Waals surface area contributed by atoms with Gasteiger partial charge in [0, 0.05) is 30.5 Å². The van der Waals surface area contributed by atoms with E-state index in [2.05, 4.69) is 48.1 Å². The van der Waals surface area contributed by atoms with Crippen LogP contribution >= 0.6 is 11.6 Å². The van der Waals surface area contributed by atoms with Crippen molar-refractivity contribution in [2.45, 2.75) is 50.9 Å². The van der Waals surface area contributed by atoms with Gasteiger partial charge in [0.25, 0.3) is 11.8 Å². The Labute approximate surface area is 237 Å². The molecule has 0 atom stereocenters. The molecule has 1 aliphatic carbocycles. The molecule has 0 radical (unpaired) electrons. The molecule has 2 heterocycles. The number of nitrogens with zero attached hydrogens (tertiary/aromatic N) is 3. The van der Waals surface area contributed by atoms with Gasteiger partial charge in [0.1, 0.15) is 24.2 Å². The Morgan fingerprint density at radius 3 is 2.00 bits per heavy atom. The number of carbonyl (C=O) groups is 2. The van der Waals surface area contributed by atoms with E-state index in [1.54, 1.807) is 36.5 Å². The van der Waals surface area contributed by atoms with Gasteiger partial charge in [-0.1, -0.05) is 50.2 Å². The number of carbonyl (C=O) groups excluding carboxylic acids is 2. The van der Waals surface area contributed by atoms with Crippen molar-refractivity contribution in [3.8, 4) is 11.5 Å². The summed E-state index contributed by atoms with van der Waals surface area (Å²) in [6.45, 7) is 4.67. The van der Waals surface area contributed by atoms with Crippen LogP contribution in [0.15, 0.2) is 85.1 Å². The summed E-state index contributed by atoms with van der Waals surface area (Å²) in [6, 6.07) is 24.8. The molecule has 6 rings (SSSR count). The molecule has 1 fully saturated rings. The highest BCUT2D eigenvalue weighted by atomic mass is 35.5. The lowest BCUT2D eigenvalue weighted by molar-refractivity contribution is 0.0198. The zero-order chi connectivity index (χ0) is 27.9. The molecule has 202 valence electrons. The molecule has 8 heteroatoms. The molecule has 4 aromatic rings. The standard InChI is InChI=1S/C32H28ClN3O4/c1-32(2,20-7-11-24(12-8-20)39-19-22-15-16-34-31(33)35-22)21-9-13-25(14-10-21)40-26-17-23(18-26)36-29(37)27-5-3-4-6-28(27)30(36)38/h3-16,23,26H,17-19H2,1-2H3. The first-order chi connectivity index (χ1) is 19.3. The molecule has 2 aliphatic rings. The van der Waals surface area contributed by atoms with Crippen LogP contribution in [0.3, 0.4) is 0 Å². The normalized spacial score (nSPS) is 18.3. The number of fused-ring (bicyclic) bond motifs is 1. The van der Waals surface area contributed by atoms with Crippen molar-refractivity contribution in [1.82, 2.24) is 14.9 Å². The number of aromatic nitrogens is 2. The van der Waals surface area contributed by atoms with E-state index in [4.69, 9.17) is 21.1 Å². The van der Waals surface area contributed by atoms with Crippen LogP contribution < -0.4 is 9.47 Å². The van der Waals surface area contributed by atoms with E-state index < -0.39 is 0 Å². The number of ether oxygens (including phenoxy) is 2. The number of benzene rings is 3. The first-order valence-corrected chi connectivity index (χ1v) is 13.6. The molecule has 0 spiro atoms. The van der Waals surface area contributed by atoms with Gasteiger partial charge in [0.15, 0.2) is 0 Å². The van der Waals surface area contributed by atoms with Crippen molar-refractivity contribution in [2.75, 3.05) is 0 Å². The van der Waals surface area contributed by atoms with E-state index in [9.17, 15) is 9.59 Å². The second-order valence-corrected chi connectivity index (χ2v) is 11.0. The third-order valence-electron chi connectivity index (χ3n) is 7.79. The Morgan fingerprint density at radius 1 is 0.850 bits per heavy atom. The molecule has 7 nitrogen and oxygen atoms in total. The Morgan fingerprint density at radius 2 is 1.43 bits per heavy atom. The average Bonchev–Trinajstić information content (AvgIpc) is 3.19. The van der Waals surface area contributed by atoms with Crippen molar-refractivity contribution in [3.05, 3.63) is 118 Å². The highest BCUT2D eigenvalue weighted by Crippen LogP contribution is 2.37. The van der Waals surface area contributed by atoms with E-state index in [1.807, 2.05) is 24.3 Å². The van der Waals surface area contributed by atoms with Gasteiger partial charge >= 0.3 is 0 Å². The Kier molecular flexibility index (Phi) is 6.76. The van der Waals surface area contributed by atoms with Gasteiger partial charge in [0.05, 0.1) is 16.8 Å². The quantitative estimate of drug-likeness (QED) is 0.190. The van der Waals surface area contributed by atoms with Gasteiger partial charge in [-0.15, -0.1) is 0 Å². The maximum absolute atomic E-state index is 12.7. The molecule has 3 aromatic carbocycles. The molecule has 0 unspecified atom stereocenters. The van der Waals surface area contributed by atoms with Crippen LogP contribution in [-0.4, -0.2) is 38.8 Å². The van der Waals surface area contributed by atoms with Crippen molar-refractivity contribution in [1.29, 1.82) is 0 Å². The molecular weight excluding hydrogens is 526 g/mol. The van der Waals surface area contributed by atoms with Gasteiger partial charge in [-0.05, 0) is 65.2 Å². The lowest BCUT2D eigenvalue weighted by Gasteiger charge is -2.39. The van der Waals surface area contributed by atoms with E-state index >= 15 is 0 Å². The van der Waals surface area contributed by atoms with Crippen LogP contribution in [0.2, 0.25) is 5.28 Å². The Bertz CT molecular complexity index is 1530. The Balaban J connectivity index is 1.04. The molecule has 0 N–H and O–H groups in total. The number of halogens is 1. The van der Waals surface area contributed by atoms with E-state index in [0.29, 0.717) is 36.3 Å². The summed E-state index contributed by atoms with van der Waals surface area (Å²) >= 11 is 5.85. The van der Waals surface area contributed by atoms with Gasteiger partial charge in [0.2, 0.25) is 5.28 Å². The predicted octanol–water partition coefficient (Wildman–Crippen LogP) is 6.24. The monoisotopic (exact) mass is 553 g/mol. The van der Waals surface area contributed by atoms with E-state index in [1.165, 1.54) is 4.90 Å². The summed E-state index contributed by atoms with van der Waals surface area (Å²) in [4.78, 5) is 34.9. The van der Waals surface area contributed by atoms with Crippen LogP contribution in [0, 0.1) is 0 Å². The largest absolute Gasteiger partial charge is 0.490 e. The highest BCUT2D eigenvalue weighted by molar-refractivity contribution is 6.28. The minimum absolute atomic E-state index is 0.0286. The smallest absolute Gasteiger partial charge is 0.261 e. The molecular formula is C32H28ClN3O4. The van der Waals surface area contributed by atoms with Crippen LogP contribution in [-0.2, 0) is 12.0 Å². The fourth-order valence-corrected chi connectivity index (χ4v) is 5.43.